The van der Waals surface area contributed by atoms with Crippen LogP contribution in [-0.2, 0) is 7.05 Å². The first-order valence-electron chi connectivity index (χ1n) is 8.25. The van der Waals surface area contributed by atoms with Crippen molar-refractivity contribution in [2.45, 2.75) is 6.92 Å². The van der Waals surface area contributed by atoms with E-state index in [0.29, 0.717) is 34.9 Å². The van der Waals surface area contributed by atoms with E-state index in [2.05, 4.69) is 0 Å². The van der Waals surface area contributed by atoms with Gasteiger partial charge in [-0.05, 0) is 37.3 Å². The van der Waals surface area contributed by atoms with Gasteiger partial charge in [0.05, 0.1) is 6.61 Å². The van der Waals surface area contributed by atoms with Crippen molar-refractivity contribution in [1.82, 2.24) is 4.57 Å². The highest BCUT2D eigenvalue weighted by atomic mass is 19.2. The summed E-state index contributed by atoms with van der Waals surface area (Å²) in [5, 5.41) is 0. The maximum atomic E-state index is 13.5. The molecule has 27 heavy (non-hydrogen) atoms. The first-order chi connectivity index (χ1) is 12.9. The molecule has 3 rings (SSSR count). The molecule has 5 nitrogen and oxygen atoms in total. The van der Waals surface area contributed by atoms with E-state index in [1.165, 1.54) is 16.7 Å². The third-order valence-corrected chi connectivity index (χ3v) is 3.90. The molecule has 140 valence electrons. The number of nitrogen functional groups attached to an aromatic ring is 1. The van der Waals surface area contributed by atoms with Gasteiger partial charge in [0, 0.05) is 42.2 Å². The zero-order valence-corrected chi connectivity index (χ0v) is 14.8. The smallest absolute Gasteiger partial charge is 0.254 e. The van der Waals surface area contributed by atoms with Gasteiger partial charge in [-0.3, -0.25) is 4.79 Å². The Labute approximate surface area is 154 Å². The van der Waals surface area contributed by atoms with E-state index in [-0.39, 0.29) is 11.3 Å². The van der Waals surface area contributed by atoms with Crippen LogP contribution in [0.4, 0.5) is 14.5 Å². The fourth-order valence-corrected chi connectivity index (χ4v) is 2.60. The fraction of sp³-hybridized carbons (Fsp3) is 0.150. The summed E-state index contributed by atoms with van der Waals surface area (Å²) in [5.74, 6) is -1.11. The standard InChI is InChI=1S/C20H18F2N2O3/c1-3-26-19-10-20(25)24(2)11-15(19)14-8-12(23)4-7-18(14)27-13-5-6-16(21)17(22)9-13/h4-11H,3,23H2,1-2H3. The number of hydrogen-bond acceptors (Lipinski definition) is 4. The van der Waals surface area contributed by atoms with Crippen LogP contribution in [0.5, 0.6) is 17.2 Å². The average molecular weight is 372 g/mol. The average Bonchev–Trinajstić information content (AvgIpc) is 2.63. The van der Waals surface area contributed by atoms with E-state index < -0.39 is 11.6 Å². The molecule has 0 amide bonds. The van der Waals surface area contributed by atoms with Gasteiger partial charge in [0.25, 0.3) is 5.56 Å². The van der Waals surface area contributed by atoms with Gasteiger partial charge in [-0.2, -0.15) is 0 Å². The SMILES string of the molecule is CCOc1cc(=O)n(C)cc1-c1cc(N)ccc1Oc1ccc(F)c(F)c1. The van der Waals surface area contributed by atoms with Crippen LogP contribution < -0.4 is 20.8 Å². The lowest BCUT2D eigenvalue weighted by atomic mass is 10.0. The highest BCUT2D eigenvalue weighted by Crippen LogP contribution is 2.39. The number of ether oxygens (including phenoxy) is 2. The number of aryl methyl sites for hydroxylation is 1. The van der Waals surface area contributed by atoms with E-state index in [9.17, 15) is 13.6 Å². The minimum Gasteiger partial charge on any atom is -0.493 e. The number of nitrogens with two attached hydrogens (primary N) is 1. The van der Waals surface area contributed by atoms with Gasteiger partial charge < -0.3 is 19.8 Å². The Kier molecular flexibility index (Phi) is 5.12. The van der Waals surface area contributed by atoms with Crippen molar-refractivity contribution in [1.29, 1.82) is 0 Å². The van der Waals surface area contributed by atoms with Crippen LogP contribution in [0, 0.1) is 11.6 Å². The van der Waals surface area contributed by atoms with Gasteiger partial charge in [-0.15, -0.1) is 0 Å². The van der Waals surface area contributed by atoms with E-state index in [0.717, 1.165) is 12.1 Å². The minimum absolute atomic E-state index is 0.128. The Hall–Kier alpha value is -3.35. The molecule has 1 aromatic heterocycles. The Bertz CT molecular complexity index is 1050. The van der Waals surface area contributed by atoms with E-state index in [1.54, 1.807) is 38.4 Å². The fourth-order valence-electron chi connectivity index (χ4n) is 2.60. The Morgan fingerprint density at radius 3 is 2.48 bits per heavy atom. The molecule has 0 fully saturated rings. The molecule has 0 radical (unpaired) electrons. The molecule has 0 aliphatic rings. The quantitative estimate of drug-likeness (QED) is 0.685. The van der Waals surface area contributed by atoms with Gasteiger partial charge in [0.2, 0.25) is 0 Å². The number of nitrogens with zero attached hydrogens (tertiary/aromatic N) is 1. The van der Waals surface area contributed by atoms with Crippen LogP contribution >= 0.6 is 0 Å². The lowest BCUT2D eigenvalue weighted by Crippen LogP contribution is -2.16. The molecular formula is C20H18F2N2O3. The summed E-state index contributed by atoms with van der Waals surface area (Å²) in [6, 6.07) is 9.55. The van der Waals surface area contributed by atoms with Gasteiger partial charge >= 0.3 is 0 Å². The normalized spacial score (nSPS) is 10.7. The highest BCUT2D eigenvalue weighted by molar-refractivity contribution is 5.78. The highest BCUT2D eigenvalue weighted by Gasteiger charge is 2.16. The summed E-state index contributed by atoms with van der Waals surface area (Å²) in [6.07, 6.45) is 1.61. The van der Waals surface area contributed by atoms with Gasteiger partial charge in [0.1, 0.15) is 17.2 Å². The summed E-state index contributed by atoms with van der Waals surface area (Å²) >= 11 is 0. The lowest BCUT2D eigenvalue weighted by molar-refractivity contribution is 0.340. The zero-order valence-electron chi connectivity index (χ0n) is 14.8. The Balaban J connectivity index is 2.13. The molecule has 0 atom stereocenters. The van der Waals surface area contributed by atoms with E-state index >= 15 is 0 Å². The number of aromatic nitrogens is 1. The third-order valence-electron chi connectivity index (χ3n) is 3.90. The van der Waals surface area contributed by atoms with Crippen molar-refractivity contribution in [2.24, 2.45) is 7.05 Å². The molecule has 0 aliphatic carbocycles. The second-order valence-electron chi connectivity index (χ2n) is 5.87. The van der Waals surface area contributed by atoms with E-state index in [1.807, 2.05) is 0 Å². The summed E-state index contributed by atoms with van der Waals surface area (Å²) < 4.78 is 39.4. The minimum atomic E-state index is -1.01. The second kappa shape index (κ2) is 7.49. The molecular weight excluding hydrogens is 354 g/mol. The van der Waals surface area contributed by atoms with Crippen molar-refractivity contribution in [3.63, 3.8) is 0 Å². The molecule has 2 N–H and O–H groups in total. The van der Waals surface area contributed by atoms with E-state index in [4.69, 9.17) is 15.2 Å². The van der Waals surface area contributed by atoms with Gasteiger partial charge in [-0.25, -0.2) is 8.78 Å². The monoisotopic (exact) mass is 372 g/mol. The lowest BCUT2D eigenvalue weighted by Gasteiger charge is -2.16. The molecule has 2 aromatic carbocycles. The molecule has 1 heterocycles. The predicted octanol–water partition coefficient (Wildman–Crippen LogP) is 4.10. The van der Waals surface area contributed by atoms with Crippen LogP contribution in [0.1, 0.15) is 6.92 Å². The van der Waals surface area contributed by atoms with Gasteiger partial charge in [0.15, 0.2) is 11.6 Å². The third kappa shape index (κ3) is 3.92. The van der Waals surface area contributed by atoms with Crippen molar-refractivity contribution in [3.05, 3.63) is 70.6 Å². The van der Waals surface area contributed by atoms with Crippen molar-refractivity contribution in [3.8, 4) is 28.4 Å². The number of anilines is 1. The summed E-state index contributed by atoms with van der Waals surface area (Å²) in [5.41, 5.74) is 7.30. The topological polar surface area (TPSA) is 66.5 Å². The molecule has 7 heteroatoms. The predicted molar refractivity (Wildman–Crippen MR) is 99.1 cm³/mol. The molecule has 0 saturated heterocycles. The maximum Gasteiger partial charge on any atom is 0.254 e. The zero-order chi connectivity index (χ0) is 19.6. The second-order valence-corrected chi connectivity index (χ2v) is 5.87. The first-order valence-corrected chi connectivity index (χ1v) is 8.25. The number of halogens is 2. The molecule has 0 unspecified atom stereocenters. The van der Waals surface area contributed by atoms with Crippen LogP contribution in [0.3, 0.4) is 0 Å². The van der Waals surface area contributed by atoms with Crippen molar-refractivity contribution < 1.29 is 18.3 Å². The molecule has 0 bridgehead atoms. The van der Waals surface area contributed by atoms with Crippen LogP contribution in [0.25, 0.3) is 11.1 Å². The number of pyridine rings is 1. The van der Waals surface area contributed by atoms with Crippen LogP contribution in [0.2, 0.25) is 0 Å². The molecule has 0 spiro atoms. The van der Waals surface area contributed by atoms with Crippen LogP contribution in [-0.4, -0.2) is 11.2 Å². The number of benzene rings is 2. The molecule has 3 aromatic rings. The number of rotatable bonds is 5. The molecule has 0 saturated carbocycles. The Morgan fingerprint density at radius 1 is 1.00 bits per heavy atom. The maximum absolute atomic E-state index is 13.5. The summed E-state index contributed by atoms with van der Waals surface area (Å²) in [7, 11) is 1.61. The first kappa shape index (κ1) is 18.4. The largest absolute Gasteiger partial charge is 0.493 e. The van der Waals surface area contributed by atoms with Crippen molar-refractivity contribution >= 4 is 5.69 Å². The van der Waals surface area contributed by atoms with Crippen molar-refractivity contribution in [2.75, 3.05) is 12.3 Å². The van der Waals surface area contributed by atoms with Gasteiger partial charge in [-0.1, -0.05) is 0 Å². The van der Waals surface area contributed by atoms with Crippen LogP contribution in [0.15, 0.2) is 53.5 Å². The number of hydrogen-bond donors (Lipinski definition) is 1. The molecule has 0 aliphatic heterocycles. The summed E-state index contributed by atoms with van der Waals surface area (Å²) in [4.78, 5) is 12.0. The summed E-state index contributed by atoms with van der Waals surface area (Å²) in [6.45, 7) is 2.17. The Morgan fingerprint density at radius 2 is 1.78 bits per heavy atom.